The van der Waals surface area contributed by atoms with Gasteiger partial charge in [-0.1, -0.05) is 6.07 Å². The van der Waals surface area contributed by atoms with Crippen molar-refractivity contribution in [2.45, 2.75) is 57.4 Å². The Labute approximate surface area is 175 Å². The molecule has 2 fully saturated rings. The van der Waals surface area contributed by atoms with E-state index in [1.807, 2.05) is 29.3 Å². The normalized spacial score (nSPS) is 17.9. The topological polar surface area (TPSA) is 81.3 Å². The Morgan fingerprint density at radius 2 is 1.93 bits per heavy atom. The van der Waals surface area contributed by atoms with Crippen molar-refractivity contribution >= 4 is 22.6 Å². The summed E-state index contributed by atoms with van der Waals surface area (Å²) in [4.78, 5) is 24.6. The Morgan fingerprint density at radius 1 is 1.10 bits per heavy atom. The van der Waals surface area contributed by atoms with Crippen LogP contribution in [0.2, 0.25) is 0 Å². The fourth-order valence-electron chi connectivity index (χ4n) is 4.38. The minimum Gasteiger partial charge on any atom is -0.383 e. The van der Waals surface area contributed by atoms with Crippen LogP contribution in [0.25, 0.3) is 10.9 Å². The van der Waals surface area contributed by atoms with Crippen LogP contribution in [0.4, 0.5) is 5.82 Å². The number of nitrogen functional groups attached to an aromatic ring is 1. The average Bonchev–Trinajstić information content (AvgIpc) is 3.70. The van der Waals surface area contributed by atoms with Gasteiger partial charge in [-0.2, -0.15) is 0 Å². The summed E-state index contributed by atoms with van der Waals surface area (Å²) in [6, 6.07) is 10.3. The number of carbonyl (C=O) groups excluding carboxylic acids is 1. The molecular weight excluding hydrogens is 376 g/mol. The number of carbonyl (C=O) groups is 1. The molecule has 6 rings (SSSR count). The Bertz CT molecular complexity index is 1150. The van der Waals surface area contributed by atoms with Gasteiger partial charge in [0.25, 0.3) is 5.91 Å². The maximum atomic E-state index is 13.4. The molecular formula is C24H24N4O2. The Balaban J connectivity index is 1.31. The van der Waals surface area contributed by atoms with Crippen molar-refractivity contribution in [3.63, 3.8) is 0 Å². The summed E-state index contributed by atoms with van der Waals surface area (Å²) >= 11 is 0. The summed E-state index contributed by atoms with van der Waals surface area (Å²) in [5, 5.41) is 0.963. The highest BCUT2D eigenvalue weighted by atomic mass is 16.5. The molecule has 2 saturated carbocycles. The lowest BCUT2D eigenvalue weighted by Crippen LogP contribution is -2.33. The van der Waals surface area contributed by atoms with Gasteiger partial charge >= 0.3 is 0 Å². The molecule has 0 atom stereocenters. The molecule has 0 saturated heterocycles. The number of fused-ring (bicyclic) bond motifs is 3. The van der Waals surface area contributed by atoms with Gasteiger partial charge in [-0.05, 0) is 67.0 Å². The van der Waals surface area contributed by atoms with Gasteiger partial charge < -0.3 is 15.4 Å². The molecule has 1 amide bonds. The minimum atomic E-state index is 0.0527. The molecule has 1 aliphatic heterocycles. The van der Waals surface area contributed by atoms with Crippen LogP contribution in [0, 0.1) is 0 Å². The molecule has 3 aromatic rings. The van der Waals surface area contributed by atoms with Gasteiger partial charge in [-0.25, -0.2) is 4.98 Å². The number of pyridine rings is 2. The average molecular weight is 400 g/mol. The maximum absolute atomic E-state index is 13.4. The third-order valence-electron chi connectivity index (χ3n) is 6.45. The van der Waals surface area contributed by atoms with Crippen LogP contribution in [0.15, 0.2) is 36.5 Å². The molecule has 152 valence electrons. The van der Waals surface area contributed by atoms with Crippen LogP contribution in [-0.2, 0) is 24.5 Å². The van der Waals surface area contributed by atoms with Crippen molar-refractivity contribution in [1.82, 2.24) is 14.9 Å². The zero-order chi connectivity index (χ0) is 20.2. The van der Waals surface area contributed by atoms with Crippen LogP contribution in [0.5, 0.6) is 0 Å². The van der Waals surface area contributed by atoms with E-state index in [1.165, 1.54) is 18.4 Å². The number of anilines is 1. The van der Waals surface area contributed by atoms with E-state index >= 15 is 0 Å². The third-order valence-corrected chi connectivity index (χ3v) is 6.45. The second-order valence-electron chi connectivity index (χ2n) is 8.70. The monoisotopic (exact) mass is 400 g/mol. The van der Waals surface area contributed by atoms with Crippen LogP contribution < -0.4 is 5.73 Å². The van der Waals surface area contributed by atoms with Gasteiger partial charge in [0.15, 0.2) is 0 Å². The Hall–Kier alpha value is -2.99. The molecule has 0 radical (unpaired) electrons. The summed E-state index contributed by atoms with van der Waals surface area (Å²) in [6.45, 7) is 1.55. The minimum absolute atomic E-state index is 0.0527. The van der Waals surface area contributed by atoms with Crippen LogP contribution >= 0.6 is 0 Å². The summed E-state index contributed by atoms with van der Waals surface area (Å²) in [5.74, 6) is 1.27. The standard InChI is InChI=1S/C24H24N4O2/c25-23-21-13-30-12-20(21)19-9-15(4-8-22(19)27-23)24(29)28(18-6-7-18)11-17-5-3-16(10-26-17)14-1-2-14/h3-5,8-10,14,18H,1-2,6-7,11-13H2,(H2,25,27). The predicted octanol–water partition coefficient (Wildman–Crippen LogP) is 3.92. The fourth-order valence-corrected chi connectivity index (χ4v) is 4.38. The van der Waals surface area contributed by atoms with Gasteiger partial charge in [-0.3, -0.25) is 9.78 Å². The molecule has 2 N–H and O–H groups in total. The largest absolute Gasteiger partial charge is 0.383 e. The van der Waals surface area contributed by atoms with E-state index in [0.29, 0.717) is 43.1 Å². The van der Waals surface area contributed by atoms with Crippen LogP contribution in [0.1, 0.15) is 64.3 Å². The number of nitrogens with two attached hydrogens (primary N) is 1. The molecule has 0 unspecified atom stereocenters. The zero-order valence-corrected chi connectivity index (χ0v) is 16.8. The molecule has 6 nitrogen and oxygen atoms in total. The lowest BCUT2D eigenvalue weighted by Gasteiger charge is -2.22. The number of amides is 1. The molecule has 2 aliphatic carbocycles. The molecule has 6 heteroatoms. The molecule has 2 aromatic heterocycles. The smallest absolute Gasteiger partial charge is 0.254 e. The highest BCUT2D eigenvalue weighted by Crippen LogP contribution is 2.39. The van der Waals surface area contributed by atoms with Gasteiger partial charge in [0.1, 0.15) is 5.82 Å². The van der Waals surface area contributed by atoms with Crippen LogP contribution in [-0.4, -0.2) is 26.8 Å². The van der Waals surface area contributed by atoms with Crippen LogP contribution in [0.3, 0.4) is 0 Å². The number of hydrogen-bond donors (Lipinski definition) is 1. The van der Waals surface area contributed by atoms with Crippen molar-refractivity contribution in [3.8, 4) is 0 Å². The van der Waals surface area contributed by atoms with Gasteiger partial charge in [-0.15, -0.1) is 0 Å². The lowest BCUT2D eigenvalue weighted by atomic mass is 10.0. The maximum Gasteiger partial charge on any atom is 0.254 e. The highest BCUT2D eigenvalue weighted by molar-refractivity contribution is 5.99. The second-order valence-corrected chi connectivity index (χ2v) is 8.70. The summed E-state index contributed by atoms with van der Waals surface area (Å²) in [5.41, 5.74) is 11.8. The van der Waals surface area contributed by atoms with E-state index in [-0.39, 0.29) is 5.91 Å². The SMILES string of the molecule is Nc1nc2ccc(C(=O)N(Cc3ccc(C4CC4)cn3)C3CC3)cc2c2c1COC2. The second kappa shape index (κ2) is 6.77. The summed E-state index contributed by atoms with van der Waals surface area (Å²) in [7, 11) is 0. The number of hydrogen-bond acceptors (Lipinski definition) is 5. The van der Waals surface area contributed by atoms with Crippen molar-refractivity contribution < 1.29 is 9.53 Å². The van der Waals surface area contributed by atoms with E-state index in [1.54, 1.807) is 0 Å². The number of benzene rings is 1. The molecule has 1 aromatic carbocycles. The third kappa shape index (κ3) is 3.12. The highest BCUT2D eigenvalue weighted by Gasteiger charge is 2.34. The first-order chi connectivity index (χ1) is 14.7. The Morgan fingerprint density at radius 3 is 2.67 bits per heavy atom. The quantitative estimate of drug-likeness (QED) is 0.702. The van der Waals surface area contributed by atoms with Gasteiger partial charge in [0, 0.05) is 28.8 Å². The first kappa shape index (κ1) is 17.8. The number of rotatable bonds is 5. The van der Waals surface area contributed by atoms with Crippen molar-refractivity contribution in [3.05, 3.63) is 64.5 Å². The molecule has 3 heterocycles. The lowest BCUT2D eigenvalue weighted by molar-refractivity contribution is 0.0728. The number of ether oxygens (including phenoxy) is 1. The van der Waals surface area contributed by atoms with Crippen molar-refractivity contribution in [2.75, 3.05) is 5.73 Å². The van der Waals surface area contributed by atoms with E-state index in [0.717, 1.165) is 40.6 Å². The molecule has 30 heavy (non-hydrogen) atoms. The first-order valence-corrected chi connectivity index (χ1v) is 10.7. The summed E-state index contributed by atoms with van der Waals surface area (Å²) < 4.78 is 5.59. The molecule has 0 bridgehead atoms. The Kier molecular flexibility index (Phi) is 4.03. The zero-order valence-electron chi connectivity index (χ0n) is 16.8. The van der Waals surface area contributed by atoms with Gasteiger partial charge in [0.05, 0.1) is 31.0 Å². The summed E-state index contributed by atoms with van der Waals surface area (Å²) in [6.07, 6.45) is 6.63. The molecule has 3 aliphatic rings. The van der Waals surface area contributed by atoms with E-state index < -0.39 is 0 Å². The van der Waals surface area contributed by atoms with E-state index in [9.17, 15) is 4.79 Å². The van der Waals surface area contributed by atoms with Gasteiger partial charge in [0.2, 0.25) is 0 Å². The first-order valence-electron chi connectivity index (χ1n) is 10.7. The van der Waals surface area contributed by atoms with E-state index in [4.69, 9.17) is 10.5 Å². The van der Waals surface area contributed by atoms with E-state index in [2.05, 4.69) is 22.1 Å². The fraction of sp³-hybridized carbons (Fsp3) is 0.375. The van der Waals surface area contributed by atoms with Crippen molar-refractivity contribution in [1.29, 1.82) is 0 Å². The number of nitrogens with zero attached hydrogens (tertiary/aromatic N) is 3. The number of aromatic nitrogens is 2. The molecule has 0 spiro atoms. The predicted molar refractivity (Wildman–Crippen MR) is 114 cm³/mol. The van der Waals surface area contributed by atoms with Crippen molar-refractivity contribution in [2.24, 2.45) is 0 Å².